The highest BCUT2D eigenvalue weighted by atomic mass is 32.1. The Morgan fingerprint density at radius 1 is 1.32 bits per heavy atom. The number of hydrogen-bond acceptors (Lipinski definition) is 3. The van der Waals surface area contributed by atoms with E-state index in [-0.39, 0.29) is 17.3 Å². The second-order valence-electron chi connectivity index (χ2n) is 5.80. The summed E-state index contributed by atoms with van der Waals surface area (Å²) >= 11 is 1.54. The Morgan fingerprint density at radius 3 is 2.58 bits per heavy atom. The van der Waals surface area contributed by atoms with Crippen LogP contribution in [-0.2, 0) is 5.41 Å². The van der Waals surface area contributed by atoms with Gasteiger partial charge < -0.3 is 5.73 Å². The maximum Gasteiger partial charge on any atom is 0.123 e. The van der Waals surface area contributed by atoms with E-state index in [1.54, 1.807) is 6.07 Å². The molecule has 0 bridgehead atoms. The van der Waals surface area contributed by atoms with E-state index in [4.69, 9.17) is 5.73 Å². The van der Waals surface area contributed by atoms with Gasteiger partial charge in [0.2, 0.25) is 0 Å². The van der Waals surface area contributed by atoms with Crippen LogP contribution in [0, 0.1) is 12.7 Å². The number of thiazole rings is 1. The molecule has 0 saturated carbocycles. The molecular formula is C15H19FN2S. The third-order valence-electron chi connectivity index (χ3n) is 3.13. The fourth-order valence-corrected chi connectivity index (χ4v) is 2.92. The summed E-state index contributed by atoms with van der Waals surface area (Å²) in [5.74, 6) is -0.261. The van der Waals surface area contributed by atoms with Crippen LogP contribution in [0.15, 0.2) is 23.6 Å². The van der Waals surface area contributed by atoms with E-state index in [1.807, 2.05) is 12.3 Å². The molecule has 0 aliphatic carbocycles. The molecule has 2 nitrogen and oxygen atoms in total. The summed E-state index contributed by atoms with van der Waals surface area (Å²) in [7, 11) is 0. The normalized spacial score (nSPS) is 13.6. The van der Waals surface area contributed by atoms with Crippen molar-refractivity contribution in [1.29, 1.82) is 0 Å². The maximum atomic E-state index is 13.3. The fraction of sp³-hybridized carbons (Fsp3) is 0.400. The Labute approximate surface area is 117 Å². The first-order chi connectivity index (χ1) is 8.79. The van der Waals surface area contributed by atoms with Gasteiger partial charge in [0, 0.05) is 10.8 Å². The molecule has 0 amide bonds. The molecule has 0 saturated heterocycles. The molecule has 0 spiro atoms. The number of nitrogens with two attached hydrogens (primary N) is 1. The highest BCUT2D eigenvalue weighted by Crippen LogP contribution is 2.30. The van der Waals surface area contributed by atoms with Crippen LogP contribution >= 0.6 is 11.3 Å². The van der Waals surface area contributed by atoms with Gasteiger partial charge in [0.25, 0.3) is 0 Å². The lowest BCUT2D eigenvalue weighted by molar-refractivity contribution is 0.569. The number of rotatable bonds is 2. The van der Waals surface area contributed by atoms with Crippen LogP contribution in [0.25, 0.3) is 0 Å². The van der Waals surface area contributed by atoms with Crippen LogP contribution in [0.3, 0.4) is 0 Å². The molecule has 0 aliphatic heterocycles. The molecule has 2 N–H and O–H groups in total. The molecule has 102 valence electrons. The summed E-state index contributed by atoms with van der Waals surface area (Å²) < 4.78 is 13.3. The zero-order valence-electron chi connectivity index (χ0n) is 11.7. The Morgan fingerprint density at radius 2 is 2.00 bits per heavy atom. The van der Waals surface area contributed by atoms with Gasteiger partial charge in [0.15, 0.2) is 0 Å². The second kappa shape index (κ2) is 5.02. The van der Waals surface area contributed by atoms with Crippen molar-refractivity contribution < 1.29 is 4.39 Å². The van der Waals surface area contributed by atoms with Crippen molar-refractivity contribution in [2.45, 2.75) is 39.2 Å². The Balaban J connectivity index is 2.36. The molecule has 0 fully saturated rings. The lowest BCUT2D eigenvalue weighted by Gasteiger charge is -2.15. The molecule has 0 radical (unpaired) electrons. The zero-order chi connectivity index (χ0) is 14.2. The van der Waals surface area contributed by atoms with Crippen LogP contribution in [0.5, 0.6) is 0 Å². The SMILES string of the molecule is Cc1ccc(F)cc1C(N)c1nc(C(C)(C)C)cs1. The minimum Gasteiger partial charge on any atom is -0.318 e. The first kappa shape index (κ1) is 14.2. The second-order valence-corrected chi connectivity index (χ2v) is 6.69. The monoisotopic (exact) mass is 278 g/mol. The largest absolute Gasteiger partial charge is 0.318 e. The summed E-state index contributed by atoms with van der Waals surface area (Å²) in [6.07, 6.45) is 0. The average Bonchev–Trinajstić information content (AvgIpc) is 2.80. The Hall–Kier alpha value is -1.26. The lowest BCUT2D eigenvalue weighted by atomic mass is 9.93. The van der Waals surface area contributed by atoms with Gasteiger partial charge in [-0.3, -0.25) is 0 Å². The van der Waals surface area contributed by atoms with Crippen molar-refractivity contribution in [3.05, 3.63) is 51.2 Å². The van der Waals surface area contributed by atoms with Crippen molar-refractivity contribution in [1.82, 2.24) is 4.98 Å². The lowest BCUT2D eigenvalue weighted by Crippen LogP contribution is -2.16. The standard InChI is InChI=1S/C15H19FN2S/c1-9-5-6-10(16)7-11(9)13(17)14-18-12(8-19-14)15(2,3)4/h5-8,13H,17H2,1-4H3. The minimum atomic E-state index is -0.364. The topological polar surface area (TPSA) is 38.9 Å². The predicted molar refractivity (Wildman–Crippen MR) is 78.0 cm³/mol. The van der Waals surface area contributed by atoms with Crippen LogP contribution in [0.4, 0.5) is 4.39 Å². The number of halogens is 1. The molecule has 2 aromatic rings. The van der Waals surface area contributed by atoms with Crippen LogP contribution in [-0.4, -0.2) is 4.98 Å². The number of aryl methyl sites for hydroxylation is 1. The fourth-order valence-electron chi connectivity index (χ4n) is 1.85. The van der Waals surface area contributed by atoms with Crippen molar-refractivity contribution in [3.8, 4) is 0 Å². The number of hydrogen-bond donors (Lipinski definition) is 1. The van der Waals surface area contributed by atoms with E-state index >= 15 is 0 Å². The molecule has 0 aliphatic rings. The van der Waals surface area contributed by atoms with Crippen LogP contribution in [0.2, 0.25) is 0 Å². The van der Waals surface area contributed by atoms with Gasteiger partial charge in [0.1, 0.15) is 10.8 Å². The summed E-state index contributed by atoms with van der Waals surface area (Å²) in [5.41, 5.74) is 9.04. The quantitative estimate of drug-likeness (QED) is 0.903. The third-order valence-corrected chi connectivity index (χ3v) is 4.06. The van der Waals surface area contributed by atoms with Gasteiger partial charge in [-0.2, -0.15) is 0 Å². The first-order valence-electron chi connectivity index (χ1n) is 6.26. The molecule has 1 heterocycles. The van der Waals surface area contributed by atoms with Crippen molar-refractivity contribution in [2.75, 3.05) is 0 Å². The van der Waals surface area contributed by atoms with Gasteiger partial charge in [0.05, 0.1) is 11.7 Å². The van der Waals surface area contributed by atoms with Crippen molar-refractivity contribution in [3.63, 3.8) is 0 Å². The van der Waals surface area contributed by atoms with E-state index in [0.717, 1.165) is 21.8 Å². The molecular weight excluding hydrogens is 259 g/mol. The molecule has 19 heavy (non-hydrogen) atoms. The van der Waals surface area contributed by atoms with Crippen LogP contribution < -0.4 is 5.73 Å². The third kappa shape index (κ3) is 3.01. The highest BCUT2D eigenvalue weighted by Gasteiger charge is 2.21. The highest BCUT2D eigenvalue weighted by molar-refractivity contribution is 7.09. The summed E-state index contributed by atoms with van der Waals surface area (Å²) in [6, 6.07) is 4.34. The Kier molecular flexibility index (Phi) is 3.74. The smallest absolute Gasteiger partial charge is 0.123 e. The van der Waals surface area contributed by atoms with Gasteiger partial charge in [-0.25, -0.2) is 9.37 Å². The molecule has 4 heteroatoms. The number of nitrogens with zero attached hydrogens (tertiary/aromatic N) is 1. The molecule has 1 aromatic carbocycles. The zero-order valence-corrected chi connectivity index (χ0v) is 12.5. The maximum absolute atomic E-state index is 13.3. The van der Waals surface area contributed by atoms with E-state index < -0.39 is 0 Å². The summed E-state index contributed by atoms with van der Waals surface area (Å²) in [5, 5.41) is 2.86. The first-order valence-corrected chi connectivity index (χ1v) is 7.14. The number of benzene rings is 1. The van der Waals surface area contributed by atoms with Gasteiger partial charge in [-0.15, -0.1) is 11.3 Å². The van der Waals surface area contributed by atoms with Gasteiger partial charge >= 0.3 is 0 Å². The predicted octanol–water partition coefficient (Wildman–Crippen LogP) is 3.94. The molecule has 1 unspecified atom stereocenters. The Bertz CT molecular complexity index is 584. The van der Waals surface area contributed by atoms with Gasteiger partial charge in [-0.1, -0.05) is 26.8 Å². The summed E-state index contributed by atoms with van der Waals surface area (Å²) in [4.78, 5) is 4.60. The van der Waals surface area contributed by atoms with Crippen molar-refractivity contribution >= 4 is 11.3 Å². The van der Waals surface area contributed by atoms with E-state index in [0.29, 0.717) is 0 Å². The number of aromatic nitrogens is 1. The van der Waals surface area contributed by atoms with Crippen LogP contribution in [0.1, 0.15) is 48.6 Å². The van der Waals surface area contributed by atoms with E-state index in [2.05, 4.69) is 25.8 Å². The molecule has 1 atom stereocenters. The van der Waals surface area contributed by atoms with Gasteiger partial charge in [-0.05, 0) is 30.2 Å². The van der Waals surface area contributed by atoms with E-state index in [1.165, 1.54) is 23.5 Å². The average molecular weight is 278 g/mol. The van der Waals surface area contributed by atoms with E-state index in [9.17, 15) is 4.39 Å². The molecule has 2 rings (SSSR count). The summed E-state index contributed by atoms with van der Waals surface area (Å²) in [6.45, 7) is 8.29. The minimum absolute atomic E-state index is 0.00541. The van der Waals surface area contributed by atoms with Crippen molar-refractivity contribution in [2.24, 2.45) is 5.73 Å². The molecule has 1 aromatic heterocycles.